The molecule has 2 bridgehead atoms. The first-order valence-corrected chi connectivity index (χ1v) is 12.3. The van der Waals surface area contributed by atoms with Crippen LogP contribution in [0.15, 0.2) is 46.4 Å². The topological polar surface area (TPSA) is 114 Å². The zero-order valence-corrected chi connectivity index (χ0v) is 21.2. The number of nitrogens with one attached hydrogen (secondary N) is 2. The molecule has 2 aliphatic rings. The van der Waals surface area contributed by atoms with Crippen LogP contribution in [0.3, 0.4) is 0 Å². The highest BCUT2D eigenvalue weighted by Crippen LogP contribution is 2.42. The Labute approximate surface area is 209 Å². The lowest BCUT2D eigenvalue weighted by Crippen LogP contribution is -2.45. The molecule has 2 heterocycles. The molecule has 0 saturated carbocycles. The van der Waals surface area contributed by atoms with Gasteiger partial charge in [-0.2, -0.15) is 0 Å². The summed E-state index contributed by atoms with van der Waals surface area (Å²) >= 11 is 7.15. The van der Waals surface area contributed by atoms with Gasteiger partial charge >= 0.3 is 12.0 Å². The number of primary amides is 1. The second-order valence-electron chi connectivity index (χ2n) is 9.16. The van der Waals surface area contributed by atoms with Crippen molar-refractivity contribution in [2.75, 3.05) is 19.0 Å². The molecule has 34 heavy (non-hydrogen) atoms. The van der Waals surface area contributed by atoms with Crippen LogP contribution in [0.2, 0.25) is 5.02 Å². The van der Waals surface area contributed by atoms with Gasteiger partial charge in [-0.1, -0.05) is 29.9 Å². The molecule has 1 aromatic rings. The summed E-state index contributed by atoms with van der Waals surface area (Å²) in [5.41, 5.74) is 5.93. The Kier molecular flexibility index (Phi) is 8.33. The summed E-state index contributed by atoms with van der Waals surface area (Å²) in [6.45, 7) is 8.49. The molecule has 184 valence electrons. The number of fused-ring (bicyclic) bond motifs is 2. The molecule has 3 rings (SSSR count). The summed E-state index contributed by atoms with van der Waals surface area (Å²) in [7, 11) is 1.39. The minimum atomic E-state index is -0.700. The van der Waals surface area contributed by atoms with Crippen LogP contribution in [0.25, 0.3) is 0 Å². The summed E-state index contributed by atoms with van der Waals surface area (Å²) in [5, 5.41) is 6.47. The molecule has 2 atom stereocenters. The van der Waals surface area contributed by atoms with Gasteiger partial charge in [0.25, 0.3) is 0 Å². The van der Waals surface area contributed by atoms with E-state index >= 15 is 0 Å². The van der Waals surface area contributed by atoms with Gasteiger partial charge in [-0.15, -0.1) is 0 Å². The van der Waals surface area contributed by atoms with Crippen LogP contribution in [0, 0.1) is 5.41 Å². The van der Waals surface area contributed by atoms with Crippen LogP contribution in [-0.4, -0.2) is 48.5 Å². The van der Waals surface area contributed by atoms with Crippen molar-refractivity contribution >= 4 is 47.0 Å². The van der Waals surface area contributed by atoms with E-state index in [1.54, 1.807) is 24.3 Å². The normalized spacial score (nSPS) is 23.5. The number of amides is 3. The number of ether oxygens (including phenoxy) is 1. The number of esters is 1. The third-order valence-corrected chi connectivity index (χ3v) is 7.53. The Morgan fingerprint density at radius 3 is 2.50 bits per heavy atom. The number of halogens is 1. The van der Waals surface area contributed by atoms with Crippen molar-refractivity contribution in [1.82, 2.24) is 10.2 Å². The maximum atomic E-state index is 12.7. The fourth-order valence-corrected chi connectivity index (χ4v) is 5.70. The highest BCUT2D eigenvalue weighted by atomic mass is 35.5. The zero-order valence-electron chi connectivity index (χ0n) is 19.7. The number of nitrogens with two attached hydrogens (primary N) is 1. The molecule has 1 fully saturated rings. The summed E-state index contributed by atoms with van der Waals surface area (Å²) < 4.78 is 5.00. The van der Waals surface area contributed by atoms with Gasteiger partial charge in [0.05, 0.1) is 17.6 Å². The third-order valence-electron chi connectivity index (χ3n) is 6.19. The van der Waals surface area contributed by atoms with E-state index in [1.165, 1.54) is 18.9 Å². The summed E-state index contributed by atoms with van der Waals surface area (Å²) in [4.78, 5) is 40.4. The number of rotatable bonds is 6. The number of benzene rings is 1. The molecule has 0 spiro atoms. The number of anilines is 1. The average Bonchev–Trinajstić information content (AvgIpc) is 3.17. The van der Waals surface area contributed by atoms with E-state index in [-0.39, 0.29) is 18.1 Å². The lowest BCUT2D eigenvalue weighted by Gasteiger charge is -2.36. The van der Waals surface area contributed by atoms with Crippen LogP contribution in [-0.2, 0) is 14.3 Å². The first-order chi connectivity index (χ1) is 16.0. The van der Waals surface area contributed by atoms with Crippen molar-refractivity contribution < 1.29 is 19.1 Å². The SMILES string of the molecule is C=C1S/C(NC(=O)Nc2ccc(Cl)cc2)=C(/C(N)=O)CCC2CCC1N2CC(C)(C)C(=O)OC. The largest absolute Gasteiger partial charge is 0.469 e. The van der Waals surface area contributed by atoms with Crippen LogP contribution in [0.4, 0.5) is 10.5 Å². The zero-order chi connectivity index (χ0) is 25.0. The maximum absolute atomic E-state index is 12.7. The van der Waals surface area contributed by atoms with E-state index in [4.69, 9.17) is 22.1 Å². The van der Waals surface area contributed by atoms with Crippen molar-refractivity contribution in [2.45, 2.75) is 51.6 Å². The Morgan fingerprint density at radius 1 is 1.21 bits per heavy atom. The van der Waals surface area contributed by atoms with Gasteiger partial charge in [-0.3, -0.25) is 14.5 Å². The highest BCUT2D eigenvalue weighted by molar-refractivity contribution is 8.06. The Hall–Kier alpha value is -2.49. The van der Waals surface area contributed by atoms with E-state index in [9.17, 15) is 14.4 Å². The molecule has 1 saturated heterocycles. The molecule has 3 amide bonds. The molecule has 8 nitrogen and oxygen atoms in total. The van der Waals surface area contributed by atoms with Gasteiger partial charge in [0.1, 0.15) is 0 Å². The van der Waals surface area contributed by atoms with Gasteiger partial charge in [0.15, 0.2) is 0 Å². The third kappa shape index (κ3) is 6.14. The Balaban J connectivity index is 1.81. The fraction of sp³-hybridized carbons (Fsp3) is 0.458. The van der Waals surface area contributed by atoms with E-state index in [0.717, 1.165) is 17.7 Å². The molecule has 0 aromatic heterocycles. The lowest BCUT2D eigenvalue weighted by molar-refractivity contribution is -0.152. The number of carbonyl (C=O) groups is 3. The first kappa shape index (κ1) is 26.1. The van der Waals surface area contributed by atoms with Crippen LogP contribution < -0.4 is 16.4 Å². The van der Waals surface area contributed by atoms with Crippen molar-refractivity contribution in [3.63, 3.8) is 0 Å². The average molecular weight is 507 g/mol. The number of nitrogens with zero attached hydrogens (tertiary/aromatic N) is 1. The summed E-state index contributed by atoms with van der Waals surface area (Å²) in [6.07, 6.45) is 2.87. The number of hydrogen-bond acceptors (Lipinski definition) is 6. The molecule has 0 aliphatic carbocycles. The van der Waals surface area contributed by atoms with E-state index < -0.39 is 17.4 Å². The van der Waals surface area contributed by atoms with Gasteiger partial charge in [0, 0.05) is 39.8 Å². The van der Waals surface area contributed by atoms with Crippen molar-refractivity contribution in [1.29, 1.82) is 0 Å². The minimum Gasteiger partial charge on any atom is -0.469 e. The van der Waals surface area contributed by atoms with Crippen LogP contribution in [0.5, 0.6) is 0 Å². The predicted molar refractivity (Wildman–Crippen MR) is 135 cm³/mol. The van der Waals surface area contributed by atoms with Crippen LogP contribution >= 0.6 is 23.4 Å². The molecule has 10 heteroatoms. The molecular formula is C24H31ClN4O4S. The smallest absolute Gasteiger partial charge is 0.324 e. The van der Waals surface area contributed by atoms with E-state index in [2.05, 4.69) is 22.1 Å². The van der Waals surface area contributed by atoms with Crippen LogP contribution in [0.1, 0.15) is 39.5 Å². The van der Waals surface area contributed by atoms with Gasteiger partial charge in [-0.25, -0.2) is 4.79 Å². The van der Waals surface area contributed by atoms with Crippen molar-refractivity contribution in [3.8, 4) is 0 Å². The predicted octanol–water partition coefficient (Wildman–Crippen LogP) is 4.23. The van der Waals surface area contributed by atoms with Gasteiger partial charge < -0.3 is 21.1 Å². The molecule has 2 aliphatic heterocycles. The molecule has 4 N–H and O–H groups in total. The lowest BCUT2D eigenvalue weighted by atomic mass is 9.91. The number of carbonyl (C=O) groups excluding carboxylic acids is 3. The summed E-state index contributed by atoms with van der Waals surface area (Å²) in [6, 6.07) is 6.35. The number of urea groups is 1. The summed E-state index contributed by atoms with van der Waals surface area (Å²) in [5.74, 6) is -0.858. The Morgan fingerprint density at radius 2 is 1.88 bits per heavy atom. The Bertz CT molecular complexity index is 1010. The van der Waals surface area contributed by atoms with E-state index in [1.807, 2.05) is 13.8 Å². The van der Waals surface area contributed by atoms with Gasteiger partial charge in [0.2, 0.25) is 5.91 Å². The van der Waals surface area contributed by atoms with Gasteiger partial charge in [-0.05, 0) is 63.8 Å². The quantitative estimate of drug-likeness (QED) is 0.497. The van der Waals surface area contributed by atoms with Crippen molar-refractivity contribution in [2.24, 2.45) is 11.1 Å². The number of thioether (sulfide) groups is 1. The molecule has 0 radical (unpaired) electrons. The highest BCUT2D eigenvalue weighted by Gasteiger charge is 2.42. The second-order valence-corrected chi connectivity index (χ2v) is 10.7. The van der Waals surface area contributed by atoms with E-state index in [0.29, 0.717) is 40.7 Å². The monoisotopic (exact) mass is 506 g/mol. The minimum absolute atomic E-state index is 0.0118. The first-order valence-electron chi connectivity index (χ1n) is 11.1. The maximum Gasteiger partial charge on any atom is 0.324 e. The van der Waals surface area contributed by atoms with Crippen molar-refractivity contribution in [3.05, 3.63) is 51.4 Å². The fourth-order valence-electron chi connectivity index (χ4n) is 4.45. The standard InChI is InChI=1S/C24H31ClN4O4S/c1-14-19-12-10-17(29(19)13-24(2,3)22(31)33-4)9-11-18(20(26)30)21(34-14)28-23(32)27-16-7-5-15(25)6-8-16/h5-8,17,19H,1,9-13H2,2-4H3,(H2,26,30)(H2,27,28,32)/b21-18+. The molecular weight excluding hydrogens is 476 g/mol. The second kappa shape index (κ2) is 10.8. The number of hydrogen-bond donors (Lipinski definition) is 3. The molecule has 1 aromatic carbocycles. The molecule has 2 unspecified atom stereocenters. The number of methoxy groups -OCH3 is 1.